The van der Waals surface area contributed by atoms with Gasteiger partial charge in [-0.1, -0.05) is 55.5 Å². The van der Waals surface area contributed by atoms with E-state index in [2.05, 4.69) is 18.2 Å². The number of fused-ring (bicyclic) bond motifs is 3. The highest BCUT2D eigenvalue weighted by Gasteiger charge is 2.53. The molecule has 0 saturated heterocycles. The predicted molar refractivity (Wildman–Crippen MR) is 135 cm³/mol. The quantitative estimate of drug-likeness (QED) is 0.555. The van der Waals surface area contributed by atoms with Gasteiger partial charge in [-0.2, -0.15) is 5.26 Å². The van der Waals surface area contributed by atoms with Gasteiger partial charge < -0.3 is 5.11 Å². The van der Waals surface area contributed by atoms with Gasteiger partial charge >= 0.3 is 5.97 Å². The van der Waals surface area contributed by atoms with Crippen LogP contribution in [0.3, 0.4) is 0 Å². The number of carbonyl (C=O) groups excluding carboxylic acids is 1. The summed E-state index contributed by atoms with van der Waals surface area (Å²) in [5.41, 5.74) is 5.06. The molecule has 0 unspecified atom stereocenters. The first-order valence-corrected chi connectivity index (χ1v) is 12.3. The lowest BCUT2D eigenvalue weighted by atomic mass is 9.54. The van der Waals surface area contributed by atoms with Gasteiger partial charge in [-0.25, -0.2) is 9.97 Å². The van der Waals surface area contributed by atoms with Crippen molar-refractivity contribution in [3.8, 4) is 17.3 Å². The molecular formula is C30H27N3O3. The maximum Gasteiger partial charge on any atom is 0.303 e. The van der Waals surface area contributed by atoms with Crippen molar-refractivity contribution >= 4 is 11.8 Å². The lowest BCUT2D eigenvalue weighted by Crippen LogP contribution is -2.48. The van der Waals surface area contributed by atoms with Crippen LogP contribution in [0, 0.1) is 30.1 Å². The maximum absolute atomic E-state index is 13.0. The van der Waals surface area contributed by atoms with Gasteiger partial charge in [0.2, 0.25) is 0 Å². The van der Waals surface area contributed by atoms with Crippen molar-refractivity contribution in [3.63, 3.8) is 0 Å². The Balaban J connectivity index is 1.76. The fourth-order valence-electron chi connectivity index (χ4n) is 6.02. The first-order chi connectivity index (χ1) is 17.3. The first-order valence-electron chi connectivity index (χ1n) is 12.3. The molecule has 3 atom stereocenters. The lowest BCUT2D eigenvalue weighted by molar-refractivity contribution is -0.137. The number of nitrogens with zero attached hydrogens (tertiary/aromatic N) is 3. The number of aromatic nitrogens is 2. The maximum atomic E-state index is 13.0. The minimum absolute atomic E-state index is 0.0268. The highest BCUT2D eigenvalue weighted by molar-refractivity contribution is 6.02. The van der Waals surface area contributed by atoms with Gasteiger partial charge in [0.15, 0.2) is 5.78 Å². The Labute approximate surface area is 210 Å². The van der Waals surface area contributed by atoms with Crippen molar-refractivity contribution in [3.05, 3.63) is 94.5 Å². The highest BCUT2D eigenvalue weighted by Crippen LogP contribution is 2.54. The second-order valence-corrected chi connectivity index (χ2v) is 9.74. The van der Waals surface area contributed by atoms with E-state index in [0.717, 1.165) is 46.5 Å². The average molecular weight is 478 g/mol. The molecule has 2 aliphatic carbocycles. The number of rotatable bonds is 5. The Bertz CT molecular complexity index is 1440. The summed E-state index contributed by atoms with van der Waals surface area (Å²) in [6.07, 6.45) is 3.85. The van der Waals surface area contributed by atoms with E-state index in [-0.39, 0.29) is 29.6 Å². The van der Waals surface area contributed by atoms with Crippen molar-refractivity contribution in [1.29, 1.82) is 5.26 Å². The van der Waals surface area contributed by atoms with Crippen LogP contribution >= 0.6 is 0 Å². The number of allylic oxidation sites excluding steroid dienone is 2. The van der Waals surface area contributed by atoms with Gasteiger partial charge in [0.25, 0.3) is 0 Å². The molecule has 6 nitrogen and oxygen atoms in total. The Hall–Kier alpha value is -4.11. The topological polar surface area (TPSA) is 104 Å². The number of benzene rings is 2. The van der Waals surface area contributed by atoms with Crippen molar-refractivity contribution in [2.75, 3.05) is 0 Å². The molecular weight excluding hydrogens is 450 g/mol. The number of carbonyl (C=O) groups is 2. The van der Waals surface area contributed by atoms with Gasteiger partial charge in [0.05, 0.1) is 22.4 Å². The van der Waals surface area contributed by atoms with Crippen molar-refractivity contribution in [2.45, 2.75) is 44.9 Å². The average Bonchev–Trinajstić information content (AvgIpc) is 2.89. The molecule has 2 aromatic carbocycles. The van der Waals surface area contributed by atoms with Gasteiger partial charge in [-0.15, -0.1) is 0 Å². The zero-order valence-corrected chi connectivity index (χ0v) is 20.4. The minimum atomic E-state index is -0.826. The van der Waals surface area contributed by atoms with E-state index in [1.165, 1.54) is 0 Å². The number of hydrogen-bond donors (Lipinski definition) is 1. The van der Waals surface area contributed by atoms with Gasteiger partial charge in [-0.05, 0) is 55.4 Å². The summed E-state index contributed by atoms with van der Waals surface area (Å²) in [5, 5.41) is 19.0. The molecule has 0 fully saturated rings. The van der Waals surface area contributed by atoms with Crippen molar-refractivity contribution in [2.24, 2.45) is 11.8 Å². The summed E-state index contributed by atoms with van der Waals surface area (Å²) in [5.74, 6) is -0.647. The van der Waals surface area contributed by atoms with Gasteiger partial charge in [0.1, 0.15) is 11.9 Å². The number of nitriles is 1. The molecule has 1 heterocycles. The summed E-state index contributed by atoms with van der Waals surface area (Å²) in [7, 11) is 0. The molecule has 0 bridgehead atoms. The van der Waals surface area contributed by atoms with E-state index in [1.54, 1.807) is 0 Å². The van der Waals surface area contributed by atoms with Gasteiger partial charge in [0, 0.05) is 23.5 Å². The van der Waals surface area contributed by atoms with E-state index in [1.807, 2.05) is 62.4 Å². The second-order valence-electron chi connectivity index (χ2n) is 9.74. The van der Waals surface area contributed by atoms with Crippen LogP contribution in [0.25, 0.3) is 11.3 Å². The third kappa shape index (κ3) is 3.81. The van der Waals surface area contributed by atoms with Crippen LogP contribution < -0.4 is 0 Å². The van der Waals surface area contributed by atoms with Crippen LogP contribution in [0.15, 0.2) is 66.2 Å². The fraction of sp³-hybridized carbons (Fsp3) is 0.300. The molecule has 3 aromatic rings. The van der Waals surface area contributed by atoms with Gasteiger partial charge in [-0.3, -0.25) is 9.59 Å². The summed E-state index contributed by atoms with van der Waals surface area (Å²) in [4.78, 5) is 34.0. The van der Waals surface area contributed by atoms with E-state index in [4.69, 9.17) is 15.1 Å². The lowest BCUT2D eigenvalue weighted by Gasteiger charge is -2.48. The van der Waals surface area contributed by atoms with Crippen LogP contribution in [0.4, 0.5) is 0 Å². The number of hydrogen-bond acceptors (Lipinski definition) is 5. The van der Waals surface area contributed by atoms with E-state index in [0.29, 0.717) is 12.2 Å². The van der Waals surface area contributed by atoms with E-state index < -0.39 is 11.4 Å². The SMILES string of the molecule is Cc1nc(-c2cccc(CCC(=O)O)c2)c2c(n1)[C@@]1(c3ccccc3)C=C(C#N)C(=O)[C@@H](C)[C@@H]1CC2. The first kappa shape index (κ1) is 23.6. The molecule has 0 spiro atoms. The molecule has 1 aromatic heterocycles. The van der Waals surface area contributed by atoms with E-state index >= 15 is 0 Å². The molecule has 0 amide bonds. The molecule has 0 radical (unpaired) electrons. The number of carboxylic acid groups (broad SMARTS) is 1. The van der Waals surface area contributed by atoms with Crippen LogP contribution in [0.5, 0.6) is 0 Å². The van der Waals surface area contributed by atoms with Crippen molar-refractivity contribution in [1.82, 2.24) is 9.97 Å². The highest BCUT2D eigenvalue weighted by atomic mass is 16.4. The number of Topliss-reactive ketones (excluding diaryl/α,β-unsaturated/α-hetero) is 1. The molecule has 36 heavy (non-hydrogen) atoms. The summed E-state index contributed by atoms with van der Waals surface area (Å²) >= 11 is 0. The monoisotopic (exact) mass is 477 g/mol. The normalized spacial score (nSPS) is 22.7. The Morgan fingerprint density at radius 2 is 1.94 bits per heavy atom. The Morgan fingerprint density at radius 3 is 2.67 bits per heavy atom. The summed E-state index contributed by atoms with van der Waals surface area (Å²) in [6.45, 7) is 3.80. The van der Waals surface area contributed by atoms with Crippen molar-refractivity contribution < 1.29 is 14.7 Å². The molecule has 6 heteroatoms. The van der Waals surface area contributed by atoms with Crippen LogP contribution in [0.2, 0.25) is 0 Å². The molecule has 0 saturated carbocycles. The number of ketones is 1. The fourth-order valence-corrected chi connectivity index (χ4v) is 6.02. The second kappa shape index (κ2) is 9.16. The third-order valence-corrected chi connectivity index (χ3v) is 7.66. The number of aliphatic carboxylic acids is 1. The minimum Gasteiger partial charge on any atom is -0.481 e. The molecule has 180 valence electrons. The summed E-state index contributed by atoms with van der Waals surface area (Å²) < 4.78 is 0. The molecule has 1 N–H and O–H groups in total. The van der Waals surface area contributed by atoms with E-state index in [9.17, 15) is 14.9 Å². The predicted octanol–water partition coefficient (Wildman–Crippen LogP) is 4.99. The standard InChI is InChI=1S/C30H27N3O3/c1-18-25-13-12-24-27(21-8-6-7-20(15-21)11-14-26(34)35)32-19(2)33-29(24)30(25,16-22(17-31)28(18)36)23-9-4-3-5-10-23/h3-10,15-16,18,25H,11-14H2,1-2H3,(H,34,35)/t18-,25-,30+/m0/s1. The van der Waals surface area contributed by atoms with Crippen LogP contribution in [-0.4, -0.2) is 26.8 Å². The zero-order valence-electron chi connectivity index (χ0n) is 20.4. The Morgan fingerprint density at radius 1 is 1.17 bits per heavy atom. The largest absolute Gasteiger partial charge is 0.481 e. The molecule has 0 aliphatic heterocycles. The zero-order chi connectivity index (χ0) is 25.4. The number of aryl methyl sites for hydroxylation is 2. The third-order valence-electron chi connectivity index (χ3n) is 7.66. The van der Waals surface area contributed by atoms with Crippen LogP contribution in [0.1, 0.15) is 48.0 Å². The molecule has 2 aliphatic rings. The smallest absolute Gasteiger partial charge is 0.303 e. The summed E-state index contributed by atoms with van der Waals surface area (Å²) in [6, 6.07) is 20.1. The Kier molecular flexibility index (Phi) is 6.01. The van der Waals surface area contributed by atoms with Crippen LogP contribution in [-0.2, 0) is 27.8 Å². The number of carboxylic acids is 1. The molecule has 5 rings (SSSR count).